The topological polar surface area (TPSA) is 62.1 Å². The molecule has 0 heterocycles. The van der Waals surface area contributed by atoms with Gasteiger partial charge in [-0.3, -0.25) is 10.1 Å². The molecule has 16 heavy (non-hydrogen) atoms. The van der Waals surface area contributed by atoms with E-state index in [1.165, 1.54) is 0 Å². The number of halogens is 2. The summed E-state index contributed by atoms with van der Waals surface area (Å²) in [5.74, 6) is -0.00524. The molecule has 4 nitrogen and oxygen atoms in total. The van der Waals surface area contributed by atoms with Crippen LogP contribution in [0.3, 0.4) is 0 Å². The molecule has 0 aliphatic carbocycles. The Hall–Kier alpha value is -1.25. The van der Waals surface area contributed by atoms with E-state index in [0.717, 1.165) is 0 Å². The smallest absolute Gasteiger partial charge is 0.273 e. The van der Waals surface area contributed by atoms with Crippen LogP contribution >= 0.6 is 27.5 Å². The number of nitriles is 1. The maximum atomic E-state index is 11.2. The summed E-state index contributed by atoms with van der Waals surface area (Å²) in [6.45, 7) is 1.55. The first kappa shape index (κ1) is 12.8. The predicted octanol–water partition coefficient (Wildman–Crippen LogP) is 2.47. The van der Waals surface area contributed by atoms with Gasteiger partial charge < -0.3 is 4.74 Å². The van der Waals surface area contributed by atoms with Gasteiger partial charge in [-0.15, -0.1) is 0 Å². The van der Waals surface area contributed by atoms with E-state index in [4.69, 9.17) is 21.6 Å². The van der Waals surface area contributed by atoms with Crippen LogP contribution in [0.15, 0.2) is 22.7 Å². The molecule has 1 amide bonds. The summed E-state index contributed by atoms with van der Waals surface area (Å²) in [4.78, 5) is 11.2. The van der Waals surface area contributed by atoms with Gasteiger partial charge in [0.1, 0.15) is 5.75 Å². The second-order valence-corrected chi connectivity index (χ2v) is 4.23. The molecule has 1 aromatic rings. The zero-order valence-electron chi connectivity index (χ0n) is 8.33. The molecule has 0 aromatic heterocycles. The molecule has 1 unspecified atom stereocenters. The number of carbonyl (C=O) groups excluding carboxylic acids is 1. The number of rotatable bonds is 3. The van der Waals surface area contributed by atoms with Crippen LogP contribution in [0.25, 0.3) is 0 Å². The lowest BCUT2D eigenvalue weighted by Crippen LogP contribution is -2.33. The molecule has 0 saturated heterocycles. The van der Waals surface area contributed by atoms with E-state index in [1.54, 1.807) is 31.3 Å². The molecule has 0 spiro atoms. The van der Waals surface area contributed by atoms with Crippen LogP contribution in [-0.2, 0) is 4.79 Å². The molecular weight excluding hydrogens is 295 g/mol. The van der Waals surface area contributed by atoms with Gasteiger partial charge in [0.2, 0.25) is 0 Å². The van der Waals surface area contributed by atoms with Gasteiger partial charge in [0, 0.05) is 5.02 Å². The first-order valence-electron chi connectivity index (χ1n) is 4.35. The Morgan fingerprint density at radius 1 is 1.69 bits per heavy atom. The van der Waals surface area contributed by atoms with E-state index < -0.39 is 12.0 Å². The van der Waals surface area contributed by atoms with Crippen LogP contribution in [0, 0.1) is 11.5 Å². The SMILES string of the molecule is CC(Oc1ccc(Cl)cc1Br)C(=O)NC#N. The van der Waals surface area contributed by atoms with Crippen LogP contribution in [0.4, 0.5) is 0 Å². The zero-order valence-corrected chi connectivity index (χ0v) is 10.7. The summed E-state index contributed by atoms with van der Waals surface area (Å²) in [5, 5.41) is 10.8. The van der Waals surface area contributed by atoms with Crippen molar-refractivity contribution in [3.05, 3.63) is 27.7 Å². The van der Waals surface area contributed by atoms with E-state index in [-0.39, 0.29) is 0 Å². The summed E-state index contributed by atoms with van der Waals surface area (Å²) in [6.07, 6.45) is 0.793. The summed E-state index contributed by atoms with van der Waals surface area (Å²) in [7, 11) is 0. The average Bonchev–Trinajstić information content (AvgIpc) is 2.22. The van der Waals surface area contributed by atoms with Crippen molar-refractivity contribution >= 4 is 33.4 Å². The second-order valence-electron chi connectivity index (χ2n) is 2.94. The van der Waals surface area contributed by atoms with Crippen LogP contribution in [0.2, 0.25) is 5.02 Å². The molecular formula is C10H8BrClN2O2. The summed E-state index contributed by atoms with van der Waals surface area (Å²) < 4.78 is 6.00. The van der Waals surface area contributed by atoms with Crippen LogP contribution in [-0.4, -0.2) is 12.0 Å². The first-order chi connectivity index (χ1) is 7.54. The minimum Gasteiger partial charge on any atom is -0.480 e. The highest BCUT2D eigenvalue weighted by atomic mass is 79.9. The average molecular weight is 304 g/mol. The molecule has 84 valence electrons. The quantitative estimate of drug-likeness (QED) is 0.689. The number of hydrogen-bond donors (Lipinski definition) is 1. The Kier molecular flexibility index (Phi) is 4.59. The van der Waals surface area contributed by atoms with Crippen molar-refractivity contribution in [2.75, 3.05) is 0 Å². The minimum atomic E-state index is -0.753. The molecule has 1 N–H and O–H groups in total. The third kappa shape index (κ3) is 3.40. The Balaban J connectivity index is 2.74. The fourth-order valence-electron chi connectivity index (χ4n) is 0.971. The molecule has 1 atom stereocenters. The molecule has 0 aliphatic rings. The van der Waals surface area contributed by atoms with Gasteiger partial charge in [-0.25, -0.2) is 0 Å². The van der Waals surface area contributed by atoms with Gasteiger partial charge in [-0.05, 0) is 41.1 Å². The van der Waals surface area contributed by atoms with Crippen molar-refractivity contribution in [2.24, 2.45) is 0 Å². The highest BCUT2D eigenvalue weighted by molar-refractivity contribution is 9.10. The largest absolute Gasteiger partial charge is 0.480 e. The number of hydrogen-bond acceptors (Lipinski definition) is 3. The minimum absolute atomic E-state index is 0.491. The maximum Gasteiger partial charge on any atom is 0.273 e. The standard InChI is InChI=1S/C10H8BrClN2O2/c1-6(10(15)14-5-13)16-9-3-2-7(12)4-8(9)11/h2-4,6H,1H3,(H,14,15). The van der Waals surface area contributed by atoms with Crippen LogP contribution < -0.4 is 10.1 Å². The summed E-state index contributed by atoms with van der Waals surface area (Å²) in [5.41, 5.74) is 0. The Bertz CT molecular complexity index is 445. The normalized spacial score (nSPS) is 11.4. The van der Waals surface area contributed by atoms with Crippen LogP contribution in [0.1, 0.15) is 6.92 Å². The van der Waals surface area contributed by atoms with E-state index >= 15 is 0 Å². The van der Waals surface area contributed by atoms with E-state index in [2.05, 4.69) is 15.9 Å². The molecule has 0 bridgehead atoms. The fraction of sp³-hybridized carbons (Fsp3) is 0.200. The van der Waals surface area contributed by atoms with Crippen molar-refractivity contribution < 1.29 is 9.53 Å². The van der Waals surface area contributed by atoms with Gasteiger partial charge in [0.15, 0.2) is 12.3 Å². The lowest BCUT2D eigenvalue weighted by Gasteiger charge is -2.13. The molecule has 0 aliphatic heterocycles. The molecule has 0 saturated carbocycles. The van der Waals surface area contributed by atoms with E-state index in [1.807, 2.05) is 5.32 Å². The van der Waals surface area contributed by atoms with E-state index in [9.17, 15) is 4.79 Å². The molecule has 1 aromatic carbocycles. The predicted molar refractivity (Wildman–Crippen MR) is 63.0 cm³/mol. The van der Waals surface area contributed by atoms with Crippen molar-refractivity contribution in [1.29, 1.82) is 5.26 Å². The van der Waals surface area contributed by atoms with Crippen molar-refractivity contribution in [3.63, 3.8) is 0 Å². The van der Waals surface area contributed by atoms with Crippen molar-refractivity contribution in [1.82, 2.24) is 5.32 Å². The lowest BCUT2D eigenvalue weighted by molar-refractivity contribution is -0.126. The summed E-state index contributed by atoms with van der Waals surface area (Å²) in [6, 6.07) is 4.95. The van der Waals surface area contributed by atoms with Crippen LogP contribution in [0.5, 0.6) is 5.75 Å². The Morgan fingerprint density at radius 2 is 2.38 bits per heavy atom. The second kappa shape index (κ2) is 5.73. The van der Waals surface area contributed by atoms with Crippen molar-refractivity contribution in [2.45, 2.75) is 13.0 Å². The number of nitrogens with zero attached hydrogens (tertiary/aromatic N) is 1. The zero-order chi connectivity index (χ0) is 12.1. The third-order valence-corrected chi connectivity index (χ3v) is 2.60. The van der Waals surface area contributed by atoms with Gasteiger partial charge >= 0.3 is 0 Å². The Labute approximate surface area is 106 Å². The molecule has 0 radical (unpaired) electrons. The molecule has 0 fully saturated rings. The lowest BCUT2D eigenvalue weighted by atomic mass is 10.3. The first-order valence-corrected chi connectivity index (χ1v) is 5.52. The maximum absolute atomic E-state index is 11.2. The van der Waals surface area contributed by atoms with Gasteiger partial charge in [-0.1, -0.05) is 11.6 Å². The number of benzene rings is 1. The number of nitrogens with one attached hydrogen (secondary N) is 1. The van der Waals surface area contributed by atoms with Gasteiger partial charge in [0.05, 0.1) is 4.47 Å². The van der Waals surface area contributed by atoms with Crippen molar-refractivity contribution in [3.8, 4) is 11.9 Å². The number of amides is 1. The molecule has 6 heteroatoms. The Morgan fingerprint density at radius 3 is 2.94 bits per heavy atom. The van der Waals surface area contributed by atoms with Gasteiger partial charge in [0.25, 0.3) is 5.91 Å². The summed E-state index contributed by atoms with van der Waals surface area (Å²) >= 11 is 9.02. The number of ether oxygens (including phenoxy) is 1. The van der Waals surface area contributed by atoms with Gasteiger partial charge in [-0.2, -0.15) is 5.26 Å². The molecule has 1 rings (SSSR count). The number of carbonyl (C=O) groups is 1. The monoisotopic (exact) mass is 302 g/mol. The van der Waals surface area contributed by atoms with E-state index in [0.29, 0.717) is 15.2 Å². The third-order valence-electron chi connectivity index (χ3n) is 1.75. The highest BCUT2D eigenvalue weighted by Crippen LogP contribution is 2.28. The fourth-order valence-corrected chi connectivity index (χ4v) is 1.75. The highest BCUT2D eigenvalue weighted by Gasteiger charge is 2.15.